The third kappa shape index (κ3) is 5.57. The molecular weight excluding hydrogens is 433 g/mol. The fourth-order valence-electron chi connectivity index (χ4n) is 4.05. The number of carbonyl (C=O) groups is 2. The first-order valence-corrected chi connectivity index (χ1v) is 11.5. The van der Waals surface area contributed by atoms with E-state index in [0.29, 0.717) is 26.2 Å². The van der Waals surface area contributed by atoms with Gasteiger partial charge in [-0.1, -0.05) is 36.4 Å². The number of halogens is 1. The van der Waals surface area contributed by atoms with Gasteiger partial charge in [-0.15, -0.1) is 10.2 Å². The summed E-state index contributed by atoms with van der Waals surface area (Å²) in [5.41, 5.74) is 2.08. The van der Waals surface area contributed by atoms with Crippen molar-refractivity contribution in [2.24, 2.45) is 0 Å². The number of hydrogen-bond donors (Lipinski definition) is 0. The number of hydrogen-bond acceptors (Lipinski definition) is 5. The van der Waals surface area contributed by atoms with Crippen LogP contribution in [0.15, 0.2) is 66.7 Å². The fourth-order valence-corrected chi connectivity index (χ4v) is 4.05. The van der Waals surface area contributed by atoms with Gasteiger partial charge in [0.05, 0.1) is 5.69 Å². The Labute approximate surface area is 198 Å². The van der Waals surface area contributed by atoms with Gasteiger partial charge in [0, 0.05) is 43.9 Å². The van der Waals surface area contributed by atoms with Gasteiger partial charge >= 0.3 is 0 Å². The van der Waals surface area contributed by atoms with E-state index in [2.05, 4.69) is 15.1 Å². The van der Waals surface area contributed by atoms with Crippen molar-refractivity contribution in [1.29, 1.82) is 0 Å². The summed E-state index contributed by atoms with van der Waals surface area (Å²) in [5, 5.41) is 8.78. The summed E-state index contributed by atoms with van der Waals surface area (Å²) in [6, 6.07) is 19.4. The molecule has 1 aromatic heterocycles. The van der Waals surface area contributed by atoms with Crippen molar-refractivity contribution in [3.05, 3.63) is 78.1 Å². The smallest absolute Gasteiger partial charge is 0.254 e. The van der Waals surface area contributed by atoms with Crippen LogP contribution in [0.5, 0.6) is 0 Å². The Balaban J connectivity index is 1.36. The lowest BCUT2D eigenvalue weighted by molar-refractivity contribution is -0.131. The summed E-state index contributed by atoms with van der Waals surface area (Å²) in [7, 11) is 0. The topological polar surface area (TPSA) is 69.6 Å². The predicted octanol–water partition coefficient (Wildman–Crippen LogP) is 3.48. The lowest BCUT2D eigenvalue weighted by Gasteiger charge is -2.26. The lowest BCUT2D eigenvalue weighted by atomic mass is 10.1. The number of amides is 2. The van der Waals surface area contributed by atoms with Crippen LogP contribution in [0.25, 0.3) is 11.3 Å². The van der Waals surface area contributed by atoms with Gasteiger partial charge < -0.3 is 14.7 Å². The van der Waals surface area contributed by atoms with E-state index in [4.69, 9.17) is 0 Å². The Kier molecular flexibility index (Phi) is 7.47. The maximum Gasteiger partial charge on any atom is 0.254 e. The summed E-state index contributed by atoms with van der Waals surface area (Å²) >= 11 is 0. The molecule has 0 saturated carbocycles. The van der Waals surface area contributed by atoms with Crippen molar-refractivity contribution in [3.63, 3.8) is 0 Å². The van der Waals surface area contributed by atoms with E-state index >= 15 is 0 Å². The molecule has 2 amide bonds. The molecule has 2 heterocycles. The molecule has 1 aliphatic rings. The Hall–Kier alpha value is -3.81. The third-order valence-corrected chi connectivity index (χ3v) is 5.96. The SMILES string of the molecule is CCN(CC(=O)N1CCCN(c2ccc(-c3ccccc3)nn2)CC1)C(=O)c1cccc(F)c1. The molecule has 0 radical (unpaired) electrons. The van der Waals surface area contributed by atoms with E-state index in [1.165, 1.54) is 23.1 Å². The van der Waals surface area contributed by atoms with Crippen LogP contribution < -0.4 is 4.90 Å². The molecule has 4 rings (SSSR count). The van der Waals surface area contributed by atoms with Crippen molar-refractivity contribution in [2.45, 2.75) is 13.3 Å². The number of benzene rings is 2. The molecule has 0 aliphatic carbocycles. The van der Waals surface area contributed by atoms with Crippen LogP contribution in [0.1, 0.15) is 23.7 Å². The van der Waals surface area contributed by atoms with Crippen molar-refractivity contribution >= 4 is 17.6 Å². The van der Waals surface area contributed by atoms with Crippen molar-refractivity contribution in [3.8, 4) is 11.3 Å². The van der Waals surface area contributed by atoms with Crippen LogP contribution in [-0.4, -0.2) is 71.1 Å². The second kappa shape index (κ2) is 10.9. The minimum absolute atomic E-state index is 0.0303. The number of aromatic nitrogens is 2. The van der Waals surface area contributed by atoms with Gasteiger partial charge in [0.1, 0.15) is 12.4 Å². The molecule has 3 aromatic rings. The zero-order valence-electron chi connectivity index (χ0n) is 19.2. The average Bonchev–Trinajstić information content (AvgIpc) is 3.14. The molecule has 0 N–H and O–H groups in total. The van der Waals surface area contributed by atoms with Crippen LogP contribution in [0.2, 0.25) is 0 Å². The molecule has 7 nitrogen and oxygen atoms in total. The van der Waals surface area contributed by atoms with Crippen LogP contribution in [0.3, 0.4) is 0 Å². The summed E-state index contributed by atoms with van der Waals surface area (Å²) < 4.78 is 13.5. The maximum absolute atomic E-state index is 13.5. The minimum Gasteiger partial charge on any atom is -0.353 e. The first-order chi connectivity index (χ1) is 16.5. The highest BCUT2D eigenvalue weighted by atomic mass is 19.1. The normalized spacial score (nSPS) is 13.9. The first-order valence-electron chi connectivity index (χ1n) is 11.5. The fraction of sp³-hybridized carbons (Fsp3) is 0.308. The molecule has 1 aliphatic heterocycles. The zero-order valence-corrected chi connectivity index (χ0v) is 19.2. The average molecular weight is 462 g/mol. The molecule has 34 heavy (non-hydrogen) atoms. The van der Waals surface area contributed by atoms with Crippen LogP contribution in [0.4, 0.5) is 10.2 Å². The van der Waals surface area contributed by atoms with E-state index in [9.17, 15) is 14.0 Å². The number of nitrogens with zero attached hydrogens (tertiary/aromatic N) is 5. The predicted molar refractivity (Wildman–Crippen MR) is 129 cm³/mol. The number of likely N-dealkylation sites (N-methyl/N-ethyl adjacent to an activating group) is 1. The molecule has 2 aromatic carbocycles. The number of rotatable bonds is 6. The van der Waals surface area contributed by atoms with Crippen LogP contribution in [0, 0.1) is 5.82 Å². The summed E-state index contributed by atoms with van der Waals surface area (Å²) in [4.78, 5) is 31.1. The van der Waals surface area contributed by atoms with E-state index < -0.39 is 5.82 Å². The summed E-state index contributed by atoms with van der Waals surface area (Å²) in [6.07, 6.45) is 0.790. The quantitative estimate of drug-likeness (QED) is 0.562. The standard InChI is InChI=1S/C26H28FN5O2/c1-2-30(26(34)21-10-6-11-22(27)18-21)19-25(33)32-15-7-14-31(16-17-32)24-13-12-23(28-29-24)20-8-4-3-5-9-20/h3-6,8-13,18H,2,7,14-17,19H2,1H3. The number of carbonyl (C=O) groups excluding carboxylic acids is 2. The summed E-state index contributed by atoms with van der Waals surface area (Å²) in [5.74, 6) is -0.147. The lowest BCUT2D eigenvalue weighted by Crippen LogP contribution is -2.44. The van der Waals surface area contributed by atoms with Gasteiger partial charge in [0.2, 0.25) is 5.91 Å². The van der Waals surface area contributed by atoms with Gasteiger partial charge in [-0.3, -0.25) is 9.59 Å². The van der Waals surface area contributed by atoms with Gasteiger partial charge in [0.15, 0.2) is 5.82 Å². The minimum atomic E-state index is -0.472. The Morgan fingerprint density at radius 2 is 1.76 bits per heavy atom. The van der Waals surface area contributed by atoms with Crippen LogP contribution >= 0.6 is 0 Å². The van der Waals surface area contributed by atoms with Gasteiger partial charge in [-0.05, 0) is 43.7 Å². The van der Waals surface area contributed by atoms with Gasteiger partial charge in [0.25, 0.3) is 5.91 Å². The van der Waals surface area contributed by atoms with Crippen molar-refractivity contribution in [1.82, 2.24) is 20.0 Å². The van der Waals surface area contributed by atoms with Crippen molar-refractivity contribution in [2.75, 3.05) is 44.2 Å². The largest absolute Gasteiger partial charge is 0.353 e. The second-order valence-corrected chi connectivity index (χ2v) is 8.19. The van der Waals surface area contributed by atoms with E-state index in [1.54, 1.807) is 11.0 Å². The molecular formula is C26H28FN5O2. The van der Waals surface area contributed by atoms with Crippen molar-refractivity contribution < 1.29 is 14.0 Å². The number of anilines is 1. The highest BCUT2D eigenvalue weighted by molar-refractivity contribution is 5.96. The third-order valence-electron chi connectivity index (χ3n) is 5.96. The second-order valence-electron chi connectivity index (χ2n) is 8.19. The molecule has 0 unspecified atom stereocenters. The van der Waals surface area contributed by atoms with Crippen LogP contribution in [-0.2, 0) is 4.79 Å². The highest BCUT2D eigenvalue weighted by Gasteiger charge is 2.24. The maximum atomic E-state index is 13.5. The molecule has 8 heteroatoms. The molecule has 176 valence electrons. The van der Waals surface area contributed by atoms with Gasteiger partial charge in [-0.2, -0.15) is 0 Å². The first kappa shape index (κ1) is 23.4. The van der Waals surface area contributed by atoms with E-state index in [1.807, 2.05) is 49.4 Å². The molecule has 1 saturated heterocycles. The molecule has 0 bridgehead atoms. The Morgan fingerprint density at radius 3 is 2.47 bits per heavy atom. The molecule has 1 fully saturated rings. The van der Waals surface area contributed by atoms with E-state index in [-0.39, 0.29) is 23.9 Å². The van der Waals surface area contributed by atoms with Gasteiger partial charge in [-0.25, -0.2) is 4.39 Å². The molecule has 0 spiro atoms. The Bertz CT molecular complexity index is 1120. The zero-order chi connectivity index (χ0) is 23.9. The van der Waals surface area contributed by atoms with E-state index in [0.717, 1.165) is 30.0 Å². The Morgan fingerprint density at radius 1 is 0.941 bits per heavy atom. The summed E-state index contributed by atoms with van der Waals surface area (Å²) in [6.45, 7) is 4.69. The molecule has 0 atom stereocenters. The highest BCUT2D eigenvalue weighted by Crippen LogP contribution is 2.19. The monoisotopic (exact) mass is 461 g/mol.